The Balaban J connectivity index is 1.97. The van der Waals surface area contributed by atoms with E-state index in [2.05, 4.69) is 19.2 Å². The molecule has 7 unspecified atom stereocenters. The SMILES string of the molecule is CCCCCCCCCCCCCCCCCCCCCCCCCCCCCCCCCCCCCCCCC(=O)NC(COC1OC(CO)C(O)C(O)C1O)C(O)CCCCCCCCCCCC. The molecule has 0 aromatic carbocycles. The quantitative estimate of drug-likeness (QED) is 0.0330. The average molecular weight is 1010 g/mol. The highest BCUT2D eigenvalue weighted by atomic mass is 16.7. The second-order valence-electron chi connectivity index (χ2n) is 22.6. The Morgan fingerprint density at radius 2 is 0.704 bits per heavy atom. The number of unbranched alkanes of at least 4 members (excludes halogenated alkanes) is 46. The van der Waals surface area contributed by atoms with Crippen molar-refractivity contribution in [3.63, 3.8) is 0 Å². The summed E-state index contributed by atoms with van der Waals surface area (Å²) in [7, 11) is 0. The predicted molar refractivity (Wildman–Crippen MR) is 300 cm³/mol. The van der Waals surface area contributed by atoms with Crippen LogP contribution in [0.4, 0.5) is 0 Å². The Kier molecular flexibility index (Phi) is 50.6. The summed E-state index contributed by atoms with van der Waals surface area (Å²) in [4.78, 5) is 13.0. The zero-order valence-electron chi connectivity index (χ0n) is 47.3. The van der Waals surface area contributed by atoms with Gasteiger partial charge in [0.25, 0.3) is 0 Å². The Hall–Kier alpha value is -0.810. The number of rotatable bonds is 56. The molecule has 1 aliphatic heterocycles. The lowest BCUT2D eigenvalue weighted by atomic mass is 9.99. The van der Waals surface area contributed by atoms with E-state index in [1.54, 1.807) is 0 Å². The van der Waals surface area contributed by atoms with Crippen LogP contribution in [0.2, 0.25) is 0 Å². The maximum absolute atomic E-state index is 13.0. The summed E-state index contributed by atoms with van der Waals surface area (Å²) >= 11 is 0. The number of ether oxygens (including phenoxy) is 2. The van der Waals surface area contributed by atoms with Crippen LogP contribution in [0.3, 0.4) is 0 Å². The molecule has 1 fully saturated rings. The Morgan fingerprint density at radius 3 is 1.00 bits per heavy atom. The van der Waals surface area contributed by atoms with Crippen LogP contribution in [0, 0.1) is 0 Å². The summed E-state index contributed by atoms with van der Waals surface area (Å²) in [5.41, 5.74) is 0. The molecule has 1 aliphatic rings. The summed E-state index contributed by atoms with van der Waals surface area (Å²) in [5, 5.41) is 54.5. The van der Waals surface area contributed by atoms with Crippen LogP contribution >= 0.6 is 0 Å². The number of aliphatic hydroxyl groups excluding tert-OH is 5. The van der Waals surface area contributed by atoms with E-state index in [0.29, 0.717) is 12.8 Å². The first-order chi connectivity index (χ1) is 34.8. The molecular formula is C62H123NO8. The molecule has 424 valence electrons. The lowest BCUT2D eigenvalue weighted by Gasteiger charge is -2.40. The van der Waals surface area contributed by atoms with Crippen LogP contribution in [-0.4, -0.2) is 87.5 Å². The predicted octanol–water partition coefficient (Wildman–Crippen LogP) is 16.2. The zero-order valence-corrected chi connectivity index (χ0v) is 47.3. The number of carbonyl (C=O) groups is 1. The molecule has 1 rings (SSSR count). The molecule has 1 amide bonds. The van der Waals surface area contributed by atoms with Crippen molar-refractivity contribution < 1.29 is 39.8 Å². The van der Waals surface area contributed by atoms with Crippen LogP contribution in [0.5, 0.6) is 0 Å². The second-order valence-corrected chi connectivity index (χ2v) is 22.6. The van der Waals surface area contributed by atoms with Crippen LogP contribution in [0.25, 0.3) is 0 Å². The summed E-state index contributed by atoms with van der Waals surface area (Å²) < 4.78 is 11.3. The Labute approximate surface area is 440 Å². The lowest BCUT2D eigenvalue weighted by molar-refractivity contribution is -0.302. The van der Waals surface area contributed by atoms with Gasteiger partial charge in [-0.15, -0.1) is 0 Å². The summed E-state index contributed by atoms with van der Waals surface area (Å²) in [6, 6.07) is -0.712. The van der Waals surface area contributed by atoms with Gasteiger partial charge in [-0.3, -0.25) is 4.79 Å². The fourth-order valence-corrected chi connectivity index (χ4v) is 10.7. The highest BCUT2D eigenvalue weighted by Gasteiger charge is 2.44. The first-order valence-electron chi connectivity index (χ1n) is 31.7. The van der Waals surface area contributed by atoms with Crippen molar-refractivity contribution in [1.29, 1.82) is 0 Å². The lowest BCUT2D eigenvalue weighted by Crippen LogP contribution is -2.60. The Morgan fingerprint density at radius 1 is 0.423 bits per heavy atom. The van der Waals surface area contributed by atoms with Gasteiger partial charge in [-0.2, -0.15) is 0 Å². The fraction of sp³-hybridized carbons (Fsp3) is 0.984. The summed E-state index contributed by atoms with van der Waals surface area (Å²) in [5.74, 6) is -0.138. The van der Waals surface area contributed by atoms with Crippen molar-refractivity contribution in [2.45, 2.75) is 378 Å². The highest BCUT2D eigenvalue weighted by molar-refractivity contribution is 5.76. The van der Waals surface area contributed by atoms with Gasteiger partial charge in [0.1, 0.15) is 24.4 Å². The van der Waals surface area contributed by atoms with E-state index in [1.165, 1.54) is 270 Å². The summed E-state index contributed by atoms with van der Waals surface area (Å²) in [6.07, 6.45) is 57.7. The van der Waals surface area contributed by atoms with Gasteiger partial charge in [0.15, 0.2) is 6.29 Å². The smallest absolute Gasteiger partial charge is 0.220 e. The third-order valence-corrected chi connectivity index (χ3v) is 15.7. The van der Waals surface area contributed by atoms with Crippen molar-refractivity contribution >= 4 is 5.91 Å². The van der Waals surface area contributed by atoms with Gasteiger partial charge in [0.2, 0.25) is 5.91 Å². The van der Waals surface area contributed by atoms with Crippen molar-refractivity contribution in [1.82, 2.24) is 5.32 Å². The first kappa shape index (κ1) is 68.2. The average Bonchev–Trinajstić information content (AvgIpc) is 3.37. The van der Waals surface area contributed by atoms with E-state index in [9.17, 15) is 30.3 Å². The minimum Gasteiger partial charge on any atom is -0.394 e. The topological polar surface area (TPSA) is 149 Å². The molecule has 9 heteroatoms. The maximum Gasteiger partial charge on any atom is 0.220 e. The van der Waals surface area contributed by atoms with Crippen molar-refractivity contribution in [3.05, 3.63) is 0 Å². The van der Waals surface area contributed by atoms with Gasteiger partial charge in [0, 0.05) is 6.42 Å². The van der Waals surface area contributed by atoms with Gasteiger partial charge >= 0.3 is 0 Å². The molecule has 0 aromatic heterocycles. The zero-order chi connectivity index (χ0) is 51.5. The van der Waals surface area contributed by atoms with E-state index in [4.69, 9.17) is 9.47 Å². The Bertz CT molecular complexity index is 1080. The standard InChI is InChI=1S/C62H123NO8/c1-3-5-7-9-11-13-15-16-17-18-19-20-21-22-23-24-25-26-27-28-29-30-31-32-33-34-35-36-37-38-39-40-41-42-44-46-48-50-52-58(66)63-55(54-70-62-61(69)60(68)59(67)57(53-64)71-62)56(65)51-49-47-45-43-14-12-10-8-6-4-2/h55-57,59-62,64-65,67-69H,3-54H2,1-2H3,(H,63,66). The van der Waals surface area contributed by atoms with Gasteiger partial charge < -0.3 is 40.3 Å². The second kappa shape index (κ2) is 52.6. The van der Waals surface area contributed by atoms with Crippen molar-refractivity contribution in [2.75, 3.05) is 13.2 Å². The molecule has 0 spiro atoms. The summed E-state index contributed by atoms with van der Waals surface area (Å²) in [6.45, 7) is 3.86. The fourth-order valence-electron chi connectivity index (χ4n) is 10.7. The van der Waals surface area contributed by atoms with Gasteiger partial charge in [0.05, 0.1) is 25.4 Å². The molecule has 7 atom stereocenters. The molecule has 0 bridgehead atoms. The molecule has 0 radical (unpaired) electrons. The molecule has 1 heterocycles. The molecular weight excluding hydrogens is 887 g/mol. The number of amides is 1. The number of carbonyl (C=O) groups excluding carboxylic acids is 1. The van der Waals surface area contributed by atoms with Crippen molar-refractivity contribution in [2.24, 2.45) is 0 Å². The van der Waals surface area contributed by atoms with E-state index in [-0.39, 0.29) is 12.5 Å². The van der Waals surface area contributed by atoms with E-state index < -0.39 is 49.5 Å². The minimum atomic E-state index is -1.55. The van der Waals surface area contributed by atoms with Crippen LogP contribution in [0.1, 0.15) is 335 Å². The first-order valence-corrected chi connectivity index (χ1v) is 31.7. The van der Waals surface area contributed by atoms with Crippen LogP contribution in [-0.2, 0) is 14.3 Å². The molecule has 71 heavy (non-hydrogen) atoms. The number of nitrogens with one attached hydrogen (secondary N) is 1. The number of hydrogen-bond donors (Lipinski definition) is 6. The van der Waals surface area contributed by atoms with E-state index in [1.807, 2.05) is 0 Å². The van der Waals surface area contributed by atoms with Gasteiger partial charge in [-0.05, 0) is 12.8 Å². The normalized spacial score (nSPS) is 19.1. The molecule has 1 saturated heterocycles. The minimum absolute atomic E-state index is 0.132. The van der Waals surface area contributed by atoms with Gasteiger partial charge in [-0.1, -0.05) is 316 Å². The monoisotopic (exact) mass is 1010 g/mol. The van der Waals surface area contributed by atoms with Crippen LogP contribution < -0.4 is 5.32 Å². The van der Waals surface area contributed by atoms with Crippen LogP contribution in [0.15, 0.2) is 0 Å². The highest BCUT2D eigenvalue weighted by Crippen LogP contribution is 2.24. The third-order valence-electron chi connectivity index (χ3n) is 15.7. The molecule has 0 aromatic rings. The van der Waals surface area contributed by atoms with Gasteiger partial charge in [-0.25, -0.2) is 0 Å². The molecule has 0 saturated carbocycles. The van der Waals surface area contributed by atoms with E-state index >= 15 is 0 Å². The molecule has 6 N–H and O–H groups in total. The van der Waals surface area contributed by atoms with Crippen molar-refractivity contribution in [3.8, 4) is 0 Å². The molecule has 9 nitrogen and oxygen atoms in total. The largest absolute Gasteiger partial charge is 0.394 e. The maximum atomic E-state index is 13.0. The third kappa shape index (κ3) is 42.0. The number of hydrogen-bond acceptors (Lipinski definition) is 8. The number of aliphatic hydroxyl groups is 5. The van der Waals surface area contributed by atoms with E-state index in [0.717, 1.165) is 38.5 Å². The molecule has 0 aliphatic carbocycles.